The number of methoxy groups -OCH3 is 3. The van der Waals surface area contributed by atoms with Crippen molar-refractivity contribution in [3.8, 4) is 23.8 Å². The van der Waals surface area contributed by atoms with Gasteiger partial charge >= 0.3 is 30.0 Å². The molecule has 2 aliphatic rings. The first-order chi connectivity index (χ1) is 42.6. The van der Waals surface area contributed by atoms with Gasteiger partial charge < -0.3 is 73.1 Å². The van der Waals surface area contributed by atoms with Gasteiger partial charge in [-0.1, -0.05) is 91.1 Å². The number of terminal acetylenes is 1. The van der Waals surface area contributed by atoms with Crippen LogP contribution in [-0.2, 0) is 94.1 Å². The number of nitrogens with one attached hydrogen (secondary N) is 3. The summed E-state index contributed by atoms with van der Waals surface area (Å²) in [5.74, 6) is -5.46. The van der Waals surface area contributed by atoms with Crippen LogP contribution in [0, 0.1) is 36.0 Å². The van der Waals surface area contributed by atoms with Gasteiger partial charge in [-0.15, -0.1) is 6.42 Å². The van der Waals surface area contributed by atoms with Gasteiger partial charge in [0.25, 0.3) is 0 Å². The second-order valence-electron chi connectivity index (χ2n) is 23.1. The fourth-order valence-corrected chi connectivity index (χ4v) is 11.4. The van der Waals surface area contributed by atoms with Gasteiger partial charge in [0, 0.05) is 80.7 Å². The molecule has 3 N–H and O–H groups in total. The minimum absolute atomic E-state index is 0.0383. The third kappa shape index (κ3) is 20.0. The third-order valence-electron chi connectivity index (χ3n) is 16.0. The predicted octanol–water partition coefficient (Wildman–Crippen LogP) is 3.90. The number of carbonyl (C=O) groups excluding carboxylic acids is 10. The van der Waals surface area contributed by atoms with E-state index >= 15 is 0 Å². The number of carbonyl (C=O) groups is 10. The Hall–Kier alpha value is -8.02. The monoisotopic (exact) mass is 1260 g/mol. The van der Waals surface area contributed by atoms with E-state index in [1.54, 1.807) is 46.6 Å². The standard InChI is InChI=1S/C64H92N6O20/c1-18-30-84-47-32-44(89-63-57(88-41(11)73)55(87-40(10)72)54(86-39(9)71)56(90-63)62(79)83-17)28-27-43(47)34-85-64(80)69(14)51(36(5)6)60(77)67-50(35(3)4)61(78)68(13)52(37(7)19-2)48(81-15)33-49(74)70-29-23-26-46(70)53(82-16)38(8)58(75)66-45(59(76)65-12)31-42-24-21-20-22-25-42/h1,20-22,24-25,27-28,32,35-38,45-46,48,50-57,63H,19,23,26,29-31,33-34H2,2-17H3,(H,65,76)(H,66,75)(H,67,77)/t37?,38-,45?,46+,48-,50+,51+,52+,53?,54+,55?,56+,57-,63?/m1/s1. The van der Waals surface area contributed by atoms with Crippen molar-refractivity contribution in [3.63, 3.8) is 0 Å². The van der Waals surface area contributed by atoms with Crippen LogP contribution < -0.4 is 25.4 Å². The van der Waals surface area contributed by atoms with E-state index in [4.69, 9.17) is 53.8 Å². The van der Waals surface area contributed by atoms with Crippen LogP contribution in [0.5, 0.6) is 11.5 Å². The Bertz CT molecular complexity index is 2830. The number of hydrogen-bond acceptors (Lipinski definition) is 20. The van der Waals surface area contributed by atoms with Gasteiger partial charge in [0.2, 0.25) is 41.9 Å². The molecule has 0 saturated carbocycles. The number of esters is 4. The molecule has 0 aliphatic carbocycles. The van der Waals surface area contributed by atoms with Crippen LogP contribution in [0.4, 0.5) is 4.79 Å². The summed E-state index contributed by atoms with van der Waals surface area (Å²) in [5.41, 5.74) is 1.12. The number of likely N-dealkylation sites (N-methyl/N-ethyl adjacent to an activating group) is 3. The largest absolute Gasteiger partial charge is 0.480 e. The van der Waals surface area contributed by atoms with Crippen molar-refractivity contribution in [2.45, 2.75) is 181 Å². The maximum atomic E-state index is 14.9. The average Bonchev–Trinajstić information content (AvgIpc) is 0.985. The van der Waals surface area contributed by atoms with Gasteiger partial charge in [-0.05, 0) is 48.3 Å². The fourth-order valence-electron chi connectivity index (χ4n) is 11.4. The van der Waals surface area contributed by atoms with Gasteiger partial charge in [0.05, 0.1) is 43.7 Å². The molecule has 26 nitrogen and oxygen atoms in total. The second kappa shape index (κ2) is 35.4. The SMILES string of the molecule is C#CCOc1cc(OC2O[C@H](C(=O)OC)[C@@H](OC(C)=O)C(OC(C)=O)[C@H]2OC(C)=O)ccc1COC(=O)N(C)[C@H](C(=O)N[C@H](C(=O)N(C)[C@@H](C(C)CC)[C@@H](CC(=O)N1CCC[C@H]1C(OC)[C@@H](C)C(=O)NC(Cc1ccccc1)C(=O)NC)OC)C(C)C)C(C)C. The molecule has 2 fully saturated rings. The topological polar surface area (TPSA) is 309 Å². The average molecular weight is 1270 g/mol. The molecule has 6 amide bonds. The Morgan fingerprint density at radius 2 is 1.41 bits per heavy atom. The van der Waals surface area contributed by atoms with E-state index in [2.05, 4.69) is 21.9 Å². The van der Waals surface area contributed by atoms with Crippen LogP contribution >= 0.6 is 0 Å². The van der Waals surface area contributed by atoms with Crippen molar-refractivity contribution in [3.05, 3.63) is 59.7 Å². The molecule has 26 heteroatoms. The quantitative estimate of drug-likeness (QED) is 0.0548. The summed E-state index contributed by atoms with van der Waals surface area (Å²) in [7, 11) is 8.50. The lowest BCUT2D eigenvalue weighted by atomic mass is 9.89. The summed E-state index contributed by atoms with van der Waals surface area (Å²) in [6, 6.07) is 9.20. The van der Waals surface area contributed by atoms with Gasteiger partial charge in [-0.25, -0.2) is 9.59 Å². The van der Waals surface area contributed by atoms with Crippen LogP contribution in [0.2, 0.25) is 0 Å². The zero-order valence-electron chi connectivity index (χ0n) is 54.6. The van der Waals surface area contributed by atoms with Crippen LogP contribution in [0.1, 0.15) is 106 Å². The lowest BCUT2D eigenvalue weighted by Crippen LogP contribution is -2.64. The number of likely N-dealkylation sites (tertiary alicyclic amines) is 1. The normalized spacial score (nSPS) is 20.6. The third-order valence-corrected chi connectivity index (χ3v) is 16.0. The van der Waals surface area contributed by atoms with E-state index in [0.29, 0.717) is 25.8 Å². The molecule has 498 valence electrons. The minimum atomic E-state index is -1.74. The molecule has 0 radical (unpaired) electrons. The molecule has 90 heavy (non-hydrogen) atoms. The van der Waals surface area contributed by atoms with E-state index in [1.807, 2.05) is 44.2 Å². The Morgan fingerprint density at radius 3 is 1.97 bits per heavy atom. The van der Waals surface area contributed by atoms with E-state index in [0.717, 1.165) is 38.3 Å². The Kier molecular flexibility index (Phi) is 29.3. The number of ether oxygens (including phenoxy) is 10. The molecular formula is C64H92N6O20. The molecule has 2 aromatic carbocycles. The molecular weight excluding hydrogens is 1170 g/mol. The molecule has 0 bridgehead atoms. The highest BCUT2D eigenvalue weighted by molar-refractivity contribution is 5.92. The Balaban J connectivity index is 1.52. The summed E-state index contributed by atoms with van der Waals surface area (Å²) in [4.78, 5) is 139. The first kappa shape index (κ1) is 74.4. The number of hydrogen-bond donors (Lipinski definition) is 3. The smallest absolute Gasteiger partial charge is 0.410 e. The van der Waals surface area contributed by atoms with Crippen molar-refractivity contribution < 1.29 is 95.3 Å². The number of benzene rings is 2. The summed E-state index contributed by atoms with van der Waals surface area (Å²) in [6.07, 6.45) is -3.35. The number of amides is 6. The van der Waals surface area contributed by atoms with Crippen molar-refractivity contribution in [2.75, 3.05) is 55.6 Å². The van der Waals surface area contributed by atoms with E-state index in [-0.39, 0.29) is 54.2 Å². The first-order valence-corrected chi connectivity index (χ1v) is 30.1. The number of nitrogens with zero attached hydrogens (tertiary/aromatic N) is 3. The zero-order valence-corrected chi connectivity index (χ0v) is 54.6. The molecule has 2 saturated heterocycles. The van der Waals surface area contributed by atoms with E-state index < -0.39 is 145 Å². The lowest BCUT2D eigenvalue weighted by molar-refractivity contribution is -0.282. The summed E-state index contributed by atoms with van der Waals surface area (Å²) in [6.45, 7) is 15.4. The molecule has 14 atom stereocenters. The lowest BCUT2D eigenvalue weighted by Gasteiger charge is -2.43. The molecule has 5 unspecified atom stereocenters. The molecule has 2 aliphatic heterocycles. The Labute approximate surface area is 527 Å². The van der Waals surface area contributed by atoms with Crippen LogP contribution in [0.15, 0.2) is 48.5 Å². The van der Waals surface area contributed by atoms with E-state index in [9.17, 15) is 47.9 Å². The van der Waals surface area contributed by atoms with Crippen molar-refractivity contribution in [2.24, 2.45) is 23.7 Å². The predicted molar refractivity (Wildman–Crippen MR) is 324 cm³/mol. The van der Waals surface area contributed by atoms with E-state index in [1.165, 1.54) is 51.4 Å². The molecule has 4 rings (SSSR count). The Morgan fingerprint density at radius 1 is 0.778 bits per heavy atom. The van der Waals surface area contributed by atoms with Gasteiger partial charge in [0.15, 0.2) is 18.3 Å². The highest BCUT2D eigenvalue weighted by atomic mass is 16.7. The first-order valence-electron chi connectivity index (χ1n) is 30.1. The van der Waals surface area contributed by atoms with Gasteiger partial charge in [-0.3, -0.25) is 43.3 Å². The summed E-state index contributed by atoms with van der Waals surface area (Å²) >= 11 is 0. The van der Waals surface area contributed by atoms with Gasteiger partial charge in [-0.2, -0.15) is 0 Å². The van der Waals surface area contributed by atoms with Crippen molar-refractivity contribution in [1.82, 2.24) is 30.7 Å². The molecule has 0 aromatic heterocycles. The van der Waals surface area contributed by atoms with Gasteiger partial charge in [0.1, 0.15) is 42.8 Å². The molecule has 2 aromatic rings. The van der Waals surface area contributed by atoms with Crippen LogP contribution in [-0.4, -0.2) is 203 Å². The zero-order chi connectivity index (χ0) is 67.3. The summed E-state index contributed by atoms with van der Waals surface area (Å²) < 4.78 is 56.7. The maximum absolute atomic E-state index is 14.9. The molecule has 2 heterocycles. The molecule has 0 spiro atoms. The van der Waals surface area contributed by atoms with Crippen molar-refractivity contribution in [1.29, 1.82) is 0 Å². The maximum Gasteiger partial charge on any atom is 0.410 e. The highest BCUT2D eigenvalue weighted by Crippen LogP contribution is 2.35. The fraction of sp³-hybridized carbons (Fsp3) is 0.625. The van der Waals surface area contributed by atoms with Crippen LogP contribution in [0.25, 0.3) is 0 Å². The summed E-state index contributed by atoms with van der Waals surface area (Å²) in [5, 5.41) is 8.45. The van der Waals surface area contributed by atoms with Crippen LogP contribution in [0.3, 0.4) is 0 Å². The minimum Gasteiger partial charge on any atom is -0.480 e. The highest BCUT2D eigenvalue weighted by Gasteiger charge is 2.56. The number of rotatable bonds is 31. The van der Waals surface area contributed by atoms with Crippen molar-refractivity contribution >= 4 is 59.5 Å². The second-order valence-corrected chi connectivity index (χ2v) is 23.1.